The number of hydrogen-bond donors (Lipinski definition) is 1. The molecule has 0 amide bonds. The van der Waals surface area contributed by atoms with Crippen LogP contribution in [0.3, 0.4) is 0 Å². The van der Waals surface area contributed by atoms with Crippen molar-refractivity contribution in [1.29, 1.82) is 0 Å². The number of piperazine rings is 1. The van der Waals surface area contributed by atoms with E-state index >= 15 is 0 Å². The lowest BCUT2D eigenvalue weighted by Gasteiger charge is -2.37. The summed E-state index contributed by atoms with van der Waals surface area (Å²) in [4.78, 5) is 8.65. The van der Waals surface area contributed by atoms with Gasteiger partial charge >= 0.3 is 0 Å². The van der Waals surface area contributed by atoms with Crippen LogP contribution in [0, 0.1) is 5.82 Å². The van der Waals surface area contributed by atoms with Crippen molar-refractivity contribution in [2.24, 2.45) is 4.99 Å². The quantitative estimate of drug-likeness (QED) is 0.471. The normalized spacial score (nSPS) is 15.7. The Bertz CT molecular complexity index is 515. The fraction of sp³-hybridized carbons (Fsp3) is 0.611. The van der Waals surface area contributed by atoms with Gasteiger partial charge < -0.3 is 19.9 Å². The number of unbranched alkanes of at least 4 members (excludes halogenated alkanes) is 1. The Kier molecular flexibility index (Phi) is 7.82. The van der Waals surface area contributed by atoms with Crippen LogP contribution in [0.1, 0.15) is 19.8 Å². The van der Waals surface area contributed by atoms with E-state index in [2.05, 4.69) is 27.0 Å². The predicted octanol–water partition coefficient (Wildman–Crippen LogP) is 2.34. The van der Waals surface area contributed by atoms with Crippen molar-refractivity contribution in [3.05, 3.63) is 30.1 Å². The maximum atomic E-state index is 13.9. The molecule has 0 saturated carbocycles. The standard InChI is InChI=1S/C18H29FN4O/c1-3-4-14-24-15-9-21-18(20-2)23-12-10-22(11-13-23)17-8-6-5-7-16(17)19/h5-8H,3-4,9-15H2,1-2H3,(H,20,21). The first-order chi connectivity index (χ1) is 11.8. The molecule has 1 aromatic carbocycles. The van der Waals surface area contributed by atoms with Gasteiger partial charge in [0, 0.05) is 46.4 Å². The van der Waals surface area contributed by atoms with Gasteiger partial charge in [-0.1, -0.05) is 25.5 Å². The van der Waals surface area contributed by atoms with E-state index < -0.39 is 0 Å². The van der Waals surface area contributed by atoms with Crippen LogP contribution in [-0.2, 0) is 4.74 Å². The number of ether oxygens (including phenoxy) is 1. The number of nitrogens with one attached hydrogen (secondary N) is 1. The molecule has 0 aromatic heterocycles. The maximum Gasteiger partial charge on any atom is 0.193 e. The van der Waals surface area contributed by atoms with Crippen LogP contribution in [0.4, 0.5) is 10.1 Å². The first kappa shape index (κ1) is 18.5. The smallest absolute Gasteiger partial charge is 0.193 e. The van der Waals surface area contributed by atoms with Crippen LogP contribution in [0.2, 0.25) is 0 Å². The molecule has 0 atom stereocenters. The fourth-order valence-electron chi connectivity index (χ4n) is 2.78. The van der Waals surface area contributed by atoms with E-state index in [1.807, 2.05) is 12.1 Å². The van der Waals surface area contributed by atoms with Crippen molar-refractivity contribution in [3.63, 3.8) is 0 Å². The molecule has 1 N–H and O–H groups in total. The lowest BCUT2D eigenvalue weighted by Crippen LogP contribution is -2.53. The highest BCUT2D eigenvalue weighted by molar-refractivity contribution is 5.80. The van der Waals surface area contributed by atoms with Crippen molar-refractivity contribution in [1.82, 2.24) is 10.2 Å². The minimum absolute atomic E-state index is 0.155. The van der Waals surface area contributed by atoms with Crippen molar-refractivity contribution in [2.45, 2.75) is 19.8 Å². The SMILES string of the molecule is CCCCOCCNC(=NC)N1CCN(c2ccccc2F)CC1. The molecule has 5 nitrogen and oxygen atoms in total. The molecular formula is C18H29FN4O. The number of aliphatic imine (C=N–C) groups is 1. The highest BCUT2D eigenvalue weighted by Crippen LogP contribution is 2.20. The van der Waals surface area contributed by atoms with Gasteiger partial charge in [0.05, 0.1) is 12.3 Å². The van der Waals surface area contributed by atoms with Crippen LogP contribution < -0.4 is 10.2 Å². The molecule has 1 aliphatic heterocycles. The molecule has 0 radical (unpaired) electrons. The average molecular weight is 336 g/mol. The molecule has 0 aliphatic carbocycles. The van der Waals surface area contributed by atoms with E-state index in [1.54, 1.807) is 13.1 Å². The zero-order valence-electron chi connectivity index (χ0n) is 14.8. The van der Waals surface area contributed by atoms with Crippen LogP contribution in [0.5, 0.6) is 0 Å². The van der Waals surface area contributed by atoms with E-state index in [9.17, 15) is 4.39 Å². The molecular weight excluding hydrogens is 307 g/mol. The first-order valence-corrected chi connectivity index (χ1v) is 8.79. The molecule has 1 heterocycles. The molecule has 0 unspecified atom stereocenters. The topological polar surface area (TPSA) is 40.1 Å². The summed E-state index contributed by atoms with van der Waals surface area (Å²) in [6.07, 6.45) is 2.26. The lowest BCUT2D eigenvalue weighted by atomic mass is 10.2. The average Bonchev–Trinajstić information content (AvgIpc) is 2.62. The number of hydrogen-bond acceptors (Lipinski definition) is 3. The summed E-state index contributed by atoms with van der Waals surface area (Å²) in [7, 11) is 1.80. The summed E-state index contributed by atoms with van der Waals surface area (Å²) in [5.41, 5.74) is 0.685. The summed E-state index contributed by atoms with van der Waals surface area (Å²) >= 11 is 0. The van der Waals surface area contributed by atoms with Crippen LogP contribution in [0.15, 0.2) is 29.3 Å². The van der Waals surface area contributed by atoms with Gasteiger partial charge in [-0.2, -0.15) is 0 Å². The summed E-state index contributed by atoms with van der Waals surface area (Å²) in [5.74, 6) is 0.736. The summed E-state index contributed by atoms with van der Waals surface area (Å²) in [6, 6.07) is 6.96. The Morgan fingerprint density at radius 1 is 1.21 bits per heavy atom. The molecule has 0 spiro atoms. The molecule has 24 heavy (non-hydrogen) atoms. The Balaban J connectivity index is 1.75. The Labute approximate surface area is 144 Å². The number of nitrogens with zero attached hydrogens (tertiary/aromatic N) is 3. The number of para-hydroxylation sites is 1. The number of halogens is 1. The maximum absolute atomic E-state index is 13.9. The minimum atomic E-state index is -0.155. The zero-order chi connectivity index (χ0) is 17.2. The van der Waals surface area contributed by atoms with Crippen molar-refractivity contribution in [2.75, 3.05) is 57.9 Å². The number of rotatable bonds is 7. The van der Waals surface area contributed by atoms with Gasteiger partial charge in [0.15, 0.2) is 5.96 Å². The largest absolute Gasteiger partial charge is 0.380 e. The second-order valence-corrected chi connectivity index (χ2v) is 5.87. The Hall–Kier alpha value is -1.82. The molecule has 134 valence electrons. The number of benzene rings is 1. The summed E-state index contributed by atoms with van der Waals surface area (Å²) in [6.45, 7) is 7.64. The van der Waals surface area contributed by atoms with Crippen LogP contribution >= 0.6 is 0 Å². The number of guanidine groups is 1. The lowest BCUT2D eigenvalue weighted by molar-refractivity contribution is 0.135. The second kappa shape index (κ2) is 10.1. The second-order valence-electron chi connectivity index (χ2n) is 5.87. The third-order valence-electron chi connectivity index (χ3n) is 4.16. The highest BCUT2D eigenvalue weighted by atomic mass is 19.1. The summed E-state index contributed by atoms with van der Waals surface area (Å²) in [5, 5.41) is 3.34. The van der Waals surface area contributed by atoms with Crippen molar-refractivity contribution < 1.29 is 9.13 Å². The van der Waals surface area contributed by atoms with Gasteiger partial charge in [-0.25, -0.2) is 4.39 Å². The molecule has 1 aromatic rings. The first-order valence-electron chi connectivity index (χ1n) is 8.79. The molecule has 1 aliphatic rings. The molecule has 1 saturated heterocycles. The monoisotopic (exact) mass is 336 g/mol. The van der Waals surface area contributed by atoms with E-state index in [1.165, 1.54) is 6.07 Å². The zero-order valence-corrected chi connectivity index (χ0v) is 14.8. The molecule has 0 bridgehead atoms. The van der Waals surface area contributed by atoms with Gasteiger partial charge in [-0.15, -0.1) is 0 Å². The van der Waals surface area contributed by atoms with Gasteiger partial charge in [0.2, 0.25) is 0 Å². The van der Waals surface area contributed by atoms with Gasteiger partial charge in [-0.05, 0) is 18.6 Å². The number of anilines is 1. The minimum Gasteiger partial charge on any atom is -0.380 e. The third-order valence-corrected chi connectivity index (χ3v) is 4.16. The Morgan fingerprint density at radius 3 is 2.62 bits per heavy atom. The summed E-state index contributed by atoms with van der Waals surface area (Å²) < 4.78 is 19.4. The Morgan fingerprint density at radius 2 is 1.96 bits per heavy atom. The van der Waals surface area contributed by atoms with E-state index in [-0.39, 0.29) is 5.82 Å². The van der Waals surface area contributed by atoms with Crippen LogP contribution in [0.25, 0.3) is 0 Å². The van der Waals surface area contributed by atoms with Crippen molar-refractivity contribution >= 4 is 11.6 Å². The molecule has 6 heteroatoms. The van der Waals surface area contributed by atoms with Gasteiger partial charge in [0.1, 0.15) is 5.82 Å². The van der Waals surface area contributed by atoms with Gasteiger partial charge in [0.25, 0.3) is 0 Å². The predicted molar refractivity (Wildman–Crippen MR) is 97.3 cm³/mol. The van der Waals surface area contributed by atoms with Crippen LogP contribution in [-0.4, -0.2) is 63.8 Å². The van der Waals surface area contributed by atoms with E-state index in [4.69, 9.17) is 4.74 Å². The van der Waals surface area contributed by atoms with Crippen molar-refractivity contribution in [3.8, 4) is 0 Å². The van der Waals surface area contributed by atoms with Gasteiger partial charge in [-0.3, -0.25) is 4.99 Å². The fourth-order valence-corrected chi connectivity index (χ4v) is 2.78. The highest BCUT2D eigenvalue weighted by Gasteiger charge is 2.21. The molecule has 2 rings (SSSR count). The van der Waals surface area contributed by atoms with E-state index in [0.717, 1.165) is 58.1 Å². The third kappa shape index (κ3) is 5.37. The molecule has 1 fully saturated rings. The van der Waals surface area contributed by atoms with E-state index in [0.29, 0.717) is 12.3 Å².